The second-order valence-corrected chi connectivity index (χ2v) is 23.8. The molecule has 0 fully saturated rings. The molecule has 0 aliphatic carbocycles. The van der Waals surface area contributed by atoms with Crippen LogP contribution in [0.4, 0.5) is 0 Å². The molecule has 0 aromatic heterocycles. The number of quaternary nitrogens is 1. The average Bonchev–Trinajstić information content (AvgIpc) is 3.33. The van der Waals surface area contributed by atoms with E-state index in [4.69, 9.17) is 9.05 Å². The van der Waals surface area contributed by atoms with Crippen molar-refractivity contribution in [3.8, 4) is 0 Å². The normalized spacial score (nSPS) is 14.1. The first-order valence-electron chi connectivity index (χ1n) is 30.9. The maximum atomic E-state index is 13.0. The summed E-state index contributed by atoms with van der Waals surface area (Å²) in [4.78, 5) is 25.5. The third kappa shape index (κ3) is 56.3. The minimum atomic E-state index is -4.60. The van der Waals surface area contributed by atoms with Gasteiger partial charge >= 0.3 is 0 Å². The third-order valence-electron chi connectivity index (χ3n) is 14.1. The molecule has 0 rings (SSSR count). The summed E-state index contributed by atoms with van der Waals surface area (Å²) >= 11 is 0. The fourth-order valence-corrected chi connectivity index (χ4v) is 9.97. The van der Waals surface area contributed by atoms with Crippen molar-refractivity contribution in [3.05, 3.63) is 36.5 Å². The highest BCUT2D eigenvalue weighted by molar-refractivity contribution is 7.45. The standard InChI is InChI=1S/C62H121N2O6P/c1-6-8-10-12-14-16-18-20-22-24-26-27-28-29-30-31-32-33-34-35-36-38-39-41-43-45-47-49-51-53-55-61(65)60(59-70-71(67,68)69-58-57-64(3,4)5)63-62(66)56-54-52-50-48-46-44-42-40-37-25-23-21-19-17-15-13-11-9-7-2/h15,17,21,23,53,55,60-61,65H,6-14,16,18-20,22,24-52,54,56-59H2,1-5H3,(H-,63,66,67,68)/b17-15-,23-21-,55-53+. The number of hydrogen-bond acceptors (Lipinski definition) is 6. The minimum absolute atomic E-state index is 0.00139. The molecule has 0 bridgehead atoms. The smallest absolute Gasteiger partial charge is 0.268 e. The molecule has 9 heteroatoms. The third-order valence-corrected chi connectivity index (χ3v) is 15.1. The van der Waals surface area contributed by atoms with Crippen LogP contribution in [-0.2, 0) is 18.4 Å². The fraction of sp³-hybridized carbons (Fsp3) is 0.887. The molecule has 0 aromatic carbocycles. The van der Waals surface area contributed by atoms with Gasteiger partial charge in [0, 0.05) is 6.42 Å². The van der Waals surface area contributed by atoms with Crippen molar-refractivity contribution in [3.63, 3.8) is 0 Å². The van der Waals surface area contributed by atoms with Gasteiger partial charge in [-0.05, 0) is 51.4 Å². The largest absolute Gasteiger partial charge is 0.756 e. The maximum Gasteiger partial charge on any atom is 0.268 e. The van der Waals surface area contributed by atoms with Gasteiger partial charge in [0.05, 0.1) is 39.9 Å². The van der Waals surface area contributed by atoms with Gasteiger partial charge in [-0.3, -0.25) is 9.36 Å². The molecule has 0 saturated heterocycles. The second-order valence-electron chi connectivity index (χ2n) is 22.4. The summed E-state index contributed by atoms with van der Waals surface area (Å²) in [6.07, 6.45) is 69.5. The lowest BCUT2D eigenvalue weighted by Crippen LogP contribution is -2.45. The van der Waals surface area contributed by atoms with Crippen molar-refractivity contribution in [1.82, 2.24) is 5.32 Å². The van der Waals surface area contributed by atoms with E-state index < -0.39 is 20.0 Å². The summed E-state index contributed by atoms with van der Waals surface area (Å²) in [7, 11) is 1.27. The van der Waals surface area contributed by atoms with Gasteiger partial charge in [-0.15, -0.1) is 0 Å². The Labute approximate surface area is 442 Å². The highest BCUT2D eigenvalue weighted by Gasteiger charge is 2.23. The van der Waals surface area contributed by atoms with E-state index in [1.54, 1.807) is 6.08 Å². The van der Waals surface area contributed by atoms with Crippen LogP contribution in [-0.4, -0.2) is 68.5 Å². The Morgan fingerprint density at radius 1 is 0.493 bits per heavy atom. The Morgan fingerprint density at radius 3 is 1.20 bits per heavy atom. The Balaban J connectivity index is 4.11. The number of amides is 1. The van der Waals surface area contributed by atoms with Crippen LogP contribution in [0.25, 0.3) is 0 Å². The summed E-state index contributed by atoms with van der Waals surface area (Å²) in [6.45, 7) is 4.66. The number of hydrogen-bond donors (Lipinski definition) is 2. The predicted molar refractivity (Wildman–Crippen MR) is 307 cm³/mol. The summed E-state index contributed by atoms with van der Waals surface area (Å²) in [5, 5.41) is 13.9. The summed E-state index contributed by atoms with van der Waals surface area (Å²) in [6, 6.07) is -0.890. The Hall–Kier alpha value is -1.28. The van der Waals surface area contributed by atoms with E-state index in [0.717, 1.165) is 44.9 Å². The Kier molecular flexibility index (Phi) is 52.6. The van der Waals surface area contributed by atoms with Gasteiger partial charge in [-0.2, -0.15) is 0 Å². The number of rotatable bonds is 57. The molecule has 8 nitrogen and oxygen atoms in total. The molecule has 0 radical (unpaired) electrons. The monoisotopic (exact) mass is 1020 g/mol. The molecule has 0 spiro atoms. The van der Waals surface area contributed by atoms with Crippen LogP contribution in [0.3, 0.4) is 0 Å². The van der Waals surface area contributed by atoms with E-state index in [1.807, 2.05) is 27.2 Å². The number of carbonyl (C=O) groups excluding carboxylic acids is 1. The van der Waals surface area contributed by atoms with E-state index in [-0.39, 0.29) is 19.1 Å². The van der Waals surface area contributed by atoms with Gasteiger partial charge in [0.2, 0.25) is 5.91 Å². The molecule has 71 heavy (non-hydrogen) atoms. The summed E-state index contributed by atoms with van der Waals surface area (Å²) < 4.78 is 23.4. The van der Waals surface area contributed by atoms with E-state index >= 15 is 0 Å². The van der Waals surface area contributed by atoms with E-state index in [9.17, 15) is 19.4 Å². The lowest BCUT2D eigenvalue weighted by molar-refractivity contribution is -0.870. The van der Waals surface area contributed by atoms with Crippen molar-refractivity contribution >= 4 is 13.7 Å². The molecule has 1 amide bonds. The lowest BCUT2D eigenvalue weighted by atomic mass is 10.0. The van der Waals surface area contributed by atoms with Crippen LogP contribution in [0.15, 0.2) is 36.5 Å². The first-order chi connectivity index (χ1) is 34.5. The molecule has 0 saturated carbocycles. The van der Waals surface area contributed by atoms with Gasteiger partial charge in [-0.1, -0.05) is 281 Å². The molecule has 0 aromatic rings. The highest BCUT2D eigenvalue weighted by Crippen LogP contribution is 2.38. The number of nitrogens with one attached hydrogen (secondary N) is 1. The van der Waals surface area contributed by atoms with Crippen LogP contribution in [0.5, 0.6) is 0 Å². The molecular weight excluding hydrogens is 900 g/mol. The lowest BCUT2D eigenvalue weighted by Gasteiger charge is -2.29. The van der Waals surface area contributed by atoms with Gasteiger partial charge in [0.15, 0.2) is 0 Å². The van der Waals surface area contributed by atoms with Crippen LogP contribution in [0.1, 0.15) is 303 Å². The van der Waals surface area contributed by atoms with Gasteiger partial charge in [0.25, 0.3) is 7.82 Å². The van der Waals surface area contributed by atoms with Crippen LogP contribution in [0.2, 0.25) is 0 Å². The molecule has 3 atom stereocenters. The summed E-state index contributed by atoms with van der Waals surface area (Å²) in [5.74, 6) is -0.199. The molecule has 420 valence electrons. The van der Waals surface area contributed by atoms with Gasteiger partial charge in [0.1, 0.15) is 13.2 Å². The minimum Gasteiger partial charge on any atom is -0.756 e. The number of likely N-dealkylation sites (N-methyl/N-ethyl adjacent to an activating group) is 1. The summed E-state index contributed by atoms with van der Waals surface area (Å²) in [5.41, 5.74) is 0. The average molecular weight is 1020 g/mol. The quantitative estimate of drug-likeness (QED) is 0.0272. The van der Waals surface area contributed by atoms with Crippen molar-refractivity contribution in [2.75, 3.05) is 40.9 Å². The topological polar surface area (TPSA) is 108 Å². The Morgan fingerprint density at radius 2 is 0.817 bits per heavy atom. The van der Waals surface area contributed by atoms with Crippen LogP contribution >= 0.6 is 7.82 Å². The maximum absolute atomic E-state index is 13.0. The number of allylic oxidation sites excluding steroid dienone is 5. The molecule has 3 unspecified atom stereocenters. The SMILES string of the molecule is CCCCC/C=C\C/C=C\CCCCCCCCCCCC(=O)NC(COP(=O)([O-])OCC[N+](C)(C)C)C(O)/C=C/CCCCCCCCCCCCCCCCCCCCCCCCCCCCCC. The second kappa shape index (κ2) is 53.5. The number of phosphoric ester groups is 1. The molecular formula is C62H121N2O6P. The van der Waals surface area contributed by atoms with Crippen molar-refractivity contribution in [2.45, 2.75) is 315 Å². The number of phosphoric acid groups is 1. The van der Waals surface area contributed by atoms with Gasteiger partial charge in [-0.25, -0.2) is 0 Å². The molecule has 0 heterocycles. The Bertz CT molecular complexity index is 1250. The zero-order valence-electron chi connectivity index (χ0n) is 47.9. The molecule has 0 aliphatic heterocycles. The number of nitrogens with zero attached hydrogens (tertiary/aromatic N) is 1. The molecule has 0 aliphatic rings. The zero-order chi connectivity index (χ0) is 52.0. The molecule has 2 N–H and O–H groups in total. The highest BCUT2D eigenvalue weighted by atomic mass is 31.2. The van der Waals surface area contributed by atoms with E-state index in [0.29, 0.717) is 17.4 Å². The first kappa shape index (κ1) is 69.7. The number of aliphatic hydroxyl groups is 1. The van der Waals surface area contributed by atoms with Crippen LogP contribution < -0.4 is 10.2 Å². The van der Waals surface area contributed by atoms with E-state index in [2.05, 4.69) is 43.5 Å². The number of unbranched alkanes of at least 4 members (excludes halogenated alkanes) is 40. The first-order valence-corrected chi connectivity index (χ1v) is 32.3. The number of aliphatic hydroxyl groups excluding tert-OH is 1. The number of carbonyl (C=O) groups is 1. The van der Waals surface area contributed by atoms with Crippen LogP contribution in [0, 0.1) is 0 Å². The van der Waals surface area contributed by atoms with Crippen molar-refractivity contribution in [1.29, 1.82) is 0 Å². The van der Waals surface area contributed by atoms with Crippen molar-refractivity contribution in [2.24, 2.45) is 0 Å². The zero-order valence-corrected chi connectivity index (χ0v) is 48.8. The fourth-order valence-electron chi connectivity index (χ4n) is 9.25. The van der Waals surface area contributed by atoms with E-state index in [1.165, 1.54) is 238 Å². The predicted octanol–water partition coefficient (Wildman–Crippen LogP) is 18.3. The van der Waals surface area contributed by atoms with Crippen molar-refractivity contribution < 1.29 is 32.9 Å². The van der Waals surface area contributed by atoms with Gasteiger partial charge < -0.3 is 28.8 Å².